The second-order valence-electron chi connectivity index (χ2n) is 3.67. The van der Waals surface area contributed by atoms with Crippen LogP contribution in [0.25, 0.3) is 0 Å². The molecule has 0 saturated heterocycles. The van der Waals surface area contributed by atoms with Gasteiger partial charge in [0.25, 0.3) is 0 Å². The number of rotatable bonds is 4. The van der Waals surface area contributed by atoms with Crippen molar-refractivity contribution in [3.05, 3.63) is 48.6 Å². The molecule has 2 aliphatic rings. The van der Waals surface area contributed by atoms with Crippen molar-refractivity contribution in [3.63, 3.8) is 0 Å². The molecule has 0 bridgehead atoms. The molecule has 1 nitrogen and oxygen atoms in total. The maximum absolute atomic E-state index is 5.29. The van der Waals surface area contributed by atoms with Crippen molar-refractivity contribution in [2.24, 2.45) is 17.8 Å². The topological polar surface area (TPSA) is 9.23 Å². The monoisotopic (exact) mass is 326 g/mol. The van der Waals surface area contributed by atoms with E-state index in [1.807, 2.05) is 0 Å². The Kier molecular flexibility index (Phi) is 12.2. The summed E-state index contributed by atoms with van der Waals surface area (Å²) in [6, 6.07) is 0. The van der Waals surface area contributed by atoms with Gasteiger partial charge in [-0.1, -0.05) is 0 Å². The second kappa shape index (κ2) is 10.4. The Morgan fingerprint density at radius 3 is 1.47 bits per heavy atom. The molecular formula is C12H13Cl3OTi. The van der Waals surface area contributed by atoms with Gasteiger partial charge in [-0.05, 0) is 0 Å². The van der Waals surface area contributed by atoms with E-state index in [0.717, 1.165) is 6.61 Å². The Labute approximate surface area is 134 Å². The number of allylic oxidation sites excluding steroid dienone is 8. The first-order valence-corrected chi connectivity index (χ1v) is 5.54. The first kappa shape index (κ1) is 19.8. The van der Waals surface area contributed by atoms with Crippen molar-refractivity contribution in [2.45, 2.75) is 0 Å². The SMILES string of the molecule is [Cl-].[Cl-].[Cl-].[Ti+3][O]CC(C1C=CC=C1)C1C=CC=C1. The summed E-state index contributed by atoms with van der Waals surface area (Å²) in [5, 5.41) is 0. The van der Waals surface area contributed by atoms with Crippen LogP contribution in [-0.2, 0) is 24.1 Å². The predicted octanol–water partition coefficient (Wildman–Crippen LogP) is -6.42. The van der Waals surface area contributed by atoms with Gasteiger partial charge in [0.15, 0.2) is 0 Å². The fourth-order valence-electron chi connectivity index (χ4n) is 2.04. The molecule has 0 aromatic carbocycles. The van der Waals surface area contributed by atoms with Crippen molar-refractivity contribution in [1.82, 2.24) is 0 Å². The molecule has 0 spiro atoms. The molecule has 0 N–H and O–H groups in total. The average Bonchev–Trinajstić information content (AvgIpc) is 2.87. The standard InChI is InChI=1S/C12H13O.3ClH.Ti/c13-9-12(10-5-1-2-6-10)11-7-3-4-8-11;;;;/h1-8,10-12H,9H2;3*1H;/q-1;;;;+4/p-3. The van der Waals surface area contributed by atoms with E-state index in [0.29, 0.717) is 17.8 Å². The zero-order valence-electron chi connectivity index (χ0n) is 9.10. The van der Waals surface area contributed by atoms with E-state index in [4.69, 9.17) is 3.32 Å². The van der Waals surface area contributed by atoms with Crippen LogP contribution in [0, 0.1) is 17.8 Å². The van der Waals surface area contributed by atoms with E-state index in [1.165, 1.54) is 0 Å². The molecule has 92 valence electrons. The van der Waals surface area contributed by atoms with Crippen molar-refractivity contribution < 1.29 is 61.4 Å². The quantitative estimate of drug-likeness (QED) is 0.467. The summed E-state index contributed by atoms with van der Waals surface area (Å²) in [6.07, 6.45) is 17.5. The third kappa shape index (κ3) is 5.34. The fraction of sp³-hybridized carbons (Fsp3) is 0.333. The Hall–Kier alpha value is 0.504. The second-order valence-corrected chi connectivity index (χ2v) is 4.12. The van der Waals surface area contributed by atoms with Crippen LogP contribution in [0.1, 0.15) is 0 Å². The van der Waals surface area contributed by atoms with Gasteiger partial charge in [0.1, 0.15) is 0 Å². The number of hydrogen-bond donors (Lipinski definition) is 0. The zero-order chi connectivity index (χ0) is 9.80. The van der Waals surface area contributed by atoms with E-state index in [9.17, 15) is 0 Å². The van der Waals surface area contributed by atoms with Gasteiger partial charge in [0.05, 0.1) is 0 Å². The molecule has 2 rings (SSSR count). The molecule has 0 radical (unpaired) electrons. The van der Waals surface area contributed by atoms with E-state index in [1.54, 1.807) is 20.8 Å². The molecule has 0 unspecified atom stereocenters. The average molecular weight is 327 g/mol. The Morgan fingerprint density at radius 1 is 0.824 bits per heavy atom. The number of halogens is 3. The van der Waals surface area contributed by atoms with Crippen LogP contribution in [0.2, 0.25) is 0 Å². The van der Waals surface area contributed by atoms with Crippen molar-refractivity contribution in [3.8, 4) is 0 Å². The van der Waals surface area contributed by atoms with Gasteiger partial charge in [0.2, 0.25) is 0 Å². The van der Waals surface area contributed by atoms with Crippen LogP contribution in [-0.4, -0.2) is 6.61 Å². The van der Waals surface area contributed by atoms with Crippen LogP contribution >= 0.6 is 0 Å². The first-order chi connectivity index (χ1) is 6.92. The van der Waals surface area contributed by atoms with Gasteiger partial charge in [-0.15, -0.1) is 0 Å². The van der Waals surface area contributed by atoms with Gasteiger partial charge in [-0.25, -0.2) is 0 Å². The van der Waals surface area contributed by atoms with Gasteiger partial charge in [-0.2, -0.15) is 0 Å². The molecule has 0 aromatic heterocycles. The molecule has 17 heavy (non-hydrogen) atoms. The minimum absolute atomic E-state index is 0. The van der Waals surface area contributed by atoms with E-state index in [-0.39, 0.29) is 37.2 Å². The van der Waals surface area contributed by atoms with Gasteiger partial charge in [-0.3, -0.25) is 0 Å². The van der Waals surface area contributed by atoms with E-state index >= 15 is 0 Å². The molecule has 0 fully saturated rings. The molecule has 0 atom stereocenters. The maximum atomic E-state index is 5.29. The fourth-order valence-corrected chi connectivity index (χ4v) is 2.34. The third-order valence-electron chi connectivity index (χ3n) is 2.82. The molecule has 0 amide bonds. The summed E-state index contributed by atoms with van der Waals surface area (Å²) in [5.74, 6) is 1.62. The molecule has 0 aromatic rings. The van der Waals surface area contributed by atoms with E-state index in [2.05, 4.69) is 48.6 Å². The normalized spacial score (nSPS) is 17.1. The first-order valence-electron chi connectivity index (χ1n) is 4.90. The van der Waals surface area contributed by atoms with Crippen LogP contribution in [0.4, 0.5) is 0 Å². The third-order valence-corrected chi connectivity index (χ3v) is 3.08. The van der Waals surface area contributed by atoms with Crippen LogP contribution in [0.15, 0.2) is 48.6 Å². The van der Waals surface area contributed by atoms with Crippen molar-refractivity contribution >= 4 is 0 Å². The summed E-state index contributed by atoms with van der Waals surface area (Å²) in [5.41, 5.74) is 0. The summed E-state index contributed by atoms with van der Waals surface area (Å²) in [6.45, 7) is 0.818. The van der Waals surface area contributed by atoms with Crippen LogP contribution < -0.4 is 37.2 Å². The molecule has 2 aliphatic carbocycles. The Morgan fingerprint density at radius 2 is 1.18 bits per heavy atom. The van der Waals surface area contributed by atoms with Crippen molar-refractivity contribution in [1.29, 1.82) is 0 Å². The Balaban J connectivity index is 0. The summed E-state index contributed by atoms with van der Waals surface area (Å²) in [4.78, 5) is 0. The molecule has 0 saturated carbocycles. The van der Waals surface area contributed by atoms with Gasteiger partial charge in [0, 0.05) is 0 Å². The van der Waals surface area contributed by atoms with Gasteiger partial charge < -0.3 is 37.2 Å². The van der Waals surface area contributed by atoms with Crippen LogP contribution in [0.3, 0.4) is 0 Å². The summed E-state index contributed by atoms with van der Waals surface area (Å²) >= 11 is 1.78. The minimum atomic E-state index is 0. The van der Waals surface area contributed by atoms with E-state index < -0.39 is 0 Å². The van der Waals surface area contributed by atoms with Crippen molar-refractivity contribution in [2.75, 3.05) is 6.61 Å². The molecule has 5 heteroatoms. The van der Waals surface area contributed by atoms with Crippen LogP contribution in [0.5, 0.6) is 0 Å². The number of hydrogen-bond acceptors (Lipinski definition) is 1. The molecule has 0 heterocycles. The summed E-state index contributed by atoms with van der Waals surface area (Å²) < 4.78 is 5.29. The zero-order valence-corrected chi connectivity index (χ0v) is 12.9. The molecular weight excluding hydrogens is 314 g/mol. The molecule has 0 aliphatic heterocycles. The van der Waals surface area contributed by atoms with Gasteiger partial charge >= 0.3 is 97.1 Å². The predicted molar refractivity (Wildman–Crippen MR) is 53.0 cm³/mol. The summed E-state index contributed by atoms with van der Waals surface area (Å²) in [7, 11) is 0. The Bertz CT molecular complexity index is 261.